The third-order valence-electron chi connectivity index (χ3n) is 2.87. The molecule has 4 nitrogen and oxygen atoms in total. The molecule has 0 bridgehead atoms. The lowest BCUT2D eigenvalue weighted by Crippen LogP contribution is -2.10. The molecule has 116 valence electrons. The fourth-order valence-electron chi connectivity index (χ4n) is 1.74. The zero-order chi connectivity index (χ0) is 16.5. The topological polar surface area (TPSA) is 59.3 Å². The maximum absolute atomic E-state index is 11.6. The lowest BCUT2D eigenvalue weighted by atomic mass is 10.1. The molecule has 0 radical (unpaired) electrons. The van der Waals surface area contributed by atoms with E-state index in [4.69, 9.17) is 26.3 Å². The van der Waals surface area contributed by atoms with Gasteiger partial charge in [0.15, 0.2) is 0 Å². The Morgan fingerprint density at radius 3 is 2.57 bits per heavy atom. The predicted molar refractivity (Wildman–Crippen MR) is 88.1 cm³/mol. The van der Waals surface area contributed by atoms with Crippen LogP contribution in [0.25, 0.3) is 6.08 Å². The Balaban J connectivity index is 1.73. The Hall–Kier alpha value is -2.77. The van der Waals surface area contributed by atoms with E-state index in [1.807, 2.05) is 18.2 Å². The largest absolute Gasteiger partial charge is 0.488 e. The third-order valence-corrected chi connectivity index (χ3v) is 3.19. The van der Waals surface area contributed by atoms with Crippen LogP contribution < -0.4 is 4.74 Å². The zero-order valence-electron chi connectivity index (χ0n) is 12.2. The molecule has 0 aliphatic heterocycles. The molecule has 0 aliphatic rings. The van der Waals surface area contributed by atoms with Gasteiger partial charge in [-0.1, -0.05) is 35.9 Å². The molecule has 0 spiro atoms. The summed E-state index contributed by atoms with van der Waals surface area (Å²) in [7, 11) is 0. The SMILES string of the molecule is N#Cc1ccc(/C=C/C(=O)OCCOc2ccccc2Cl)cc1. The molecule has 2 rings (SSSR count). The van der Waals surface area contributed by atoms with Crippen LogP contribution in [0, 0.1) is 11.3 Å². The van der Waals surface area contributed by atoms with Gasteiger partial charge in [-0.3, -0.25) is 0 Å². The van der Waals surface area contributed by atoms with E-state index in [-0.39, 0.29) is 13.2 Å². The summed E-state index contributed by atoms with van der Waals surface area (Å²) in [4.78, 5) is 11.6. The quantitative estimate of drug-likeness (QED) is 0.459. The molecule has 5 heteroatoms. The summed E-state index contributed by atoms with van der Waals surface area (Å²) in [6.07, 6.45) is 2.95. The van der Waals surface area contributed by atoms with Crippen molar-refractivity contribution in [2.75, 3.05) is 13.2 Å². The number of esters is 1. The highest BCUT2D eigenvalue weighted by Crippen LogP contribution is 2.22. The van der Waals surface area contributed by atoms with Crippen LogP contribution in [0.1, 0.15) is 11.1 Å². The Kier molecular flexibility index (Phi) is 6.22. The molecule has 0 fully saturated rings. The lowest BCUT2D eigenvalue weighted by molar-refractivity contribution is -0.138. The summed E-state index contributed by atoms with van der Waals surface area (Å²) < 4.78 is 10.4. The highest BCUT2D eigenvalue weighted by molar-refractivity contribution is 6.32. The van der Waals surface area contributed by atoms with Gasteiger partial charge in [-0.15, -0.1) is 0 Å². The Bertz CT molecular complexity index is 733. The van der Waals surface area contributed by atoms with Crippen LogP contribution in [0.2, 0.25) is 5.02 Å². The molecule has 0 N–H and O–H groups in total. The molecule has 2 aromatic carbocycles. The monoisotopic (exact) mass is 327 g/mol. The third kappa shape index (κ3) is 5.50. The Labute approximate surface area is 139 Å². The highest BCUT2D eigenvalue weighted by Gasteiger charge is 2.01. The molecule has 0 heterocycles. The number of hydrogen-bond acceptors (Lipinski definition) is 4. The standard InChI is InChI=1S/C18H14ClNO3/c19-16-3-1-2-4-17(16)22-11-12-23-18(21)10-9-14-5-7-15(13-20)8-6-14/h1-10H,11-12H2/b10-9+. The molecular formula is C18H14ClNO3. The number of carbonyl (C=O) groups excluding carboxylic acids is 1. The van der Waals surface area contributed by atoms with Crippen molar-refractivity contribution < 1.29 is 14.3 Å². The van der Waals surface area contributed by atoms with Crippen LogP contribution in [-0.4, -0.2) is 19.2 Å². The minimum atomic E-state index is -0.461. The summed E-state index contributed by atoms with van der Waals surface area (Å²) in [6, 6.07) is 16.0. The van der Waals surface area contributed by atoms with Gasteiger partial charge in [-0.2, -0.15) is 5.26 Å². The van der Waals surface area contributed by atoms with Crippen molar-refractivity contribution in [3.63, 3.8) is 0 Å². The van der Waals surface area contributed by atoms with Crippen LogP contribution in [0.3, 0.4) is 0 Å². The first-order chi connectivity index (χ1) is 11.2. The van der Waals surface area contributed by atoms with Crippen molar-refractivity contribution in [1.29, 1.82) is 5.26 Å². The second kappa shape index (κ2) is 8.62. The van der Waals surface area contributed by atoms with Crippen molar-refractivity contribution in [1.82, 2.24) is 0 Å². The number of para-hydroxylation sites is 1. The number of halogens is 1. The van der Waals surface area contributed by atoms with Crippen molar-refractivity contribution in [3.8, 4) is 11.8 Å². The summed E-state index contributed by atoms with van der Waals surface area (Å²) in [5, 5.41) is 9.22. The average molecular weight is 328 g/mol. The van der Waals surface area contributed by atoms with Gasteiger partial charge in [0.2, 0.25) is 0 Å². The van der Waals surface area contributed by atoms with Crippen molar-refractivity contribution >= 4 is 23.6 Å². The van der Waals surface area contributed by atoms with Gasteiger partial charge in [-0.25, -0.2) is 4.79 Å². The maximum Gasteiger partial charge on any atom is 0.330 e. The molecule has 0 aromatic heterocycles. The van der Waals surface area contributed by atoms with E-state index in [1.54, 1.807) is 42.5 Å². The van der Waals surface area contributed by atoms with E-state index in [2.05, 4.69) is 0 Å². The second-order valence-corrected chi connectivity index (χ2v) is 4.92. The van der Waals surface area contributed by atoms with Gasteiger partial charge in [0.25, 0.3) is 0 Å². The van der Waals surface area contributed by atoms with Crippen LogP contribution in [0.5, 0.6) is 5.75 Å². The molecule has 2 aromatic rings. The number of ether oxygens (including phenoxy) is 2. The number of hydrogen-bond donors (Lipinski definition) is 0. The first-order valence-electron chi connectivity index (χ1n) is 6.91. The highest BCUT2D eigenvalue weighted by atomic mass is 35.5. The minimum absolute atomic E-state index is 0.127. The normalized spacial score (nSPS) is 10.3. The van der Waals surface area contributed by atoms with E-state index in [1.165, 1.54) is 6.08 Å². The van der Waals surface area contributed by atoms with Gasteiger partial charge in [-0.05, 0) is 35.9 Å². The van der Waals surface area contributed by atoms with Crippen LogP contribution in [-0.2, 0) is 9.53 Å². The molecule has 0 saturated heterocycles. The van der Waals surface area contributed by atoms with Crippen molar-refractivity contribution in [2.45, 2.75) is 0 Å². The minimum Gasteiger partial charge on any atom is -0.488 e. The summed E-state index contributed by atoms with van der Waals surface area (Å²) in [5.41, 5.74) is 1.38. The predicted octanol–water partition coefficient (Wildman–Crippen LogP) is 3.85. The first-order valence-corrected chi connectivity index (χ1v) is 7.29. The number of carbonyl (C=O) groups is 1. The van der Waals surface area contributed by atoms with Crippen LogP contribution >= 0.6 is 11.6 Å². The van der Waals surface area contributed by atoms with Gasteiger partial charge < -0.3 is 9.47 Å². The fraction of sp³-hybridized carbons (Fsp3) is 0.111. The molecular weight excluding hydrogens is 314 g/mol. The number of nitriles is 1. The molecule has 0 unspecified atom stereocenters. The summed E-state index contributed by atoms with van der Waals surface area (Å²) in [6.45, 7) is 0.349. The summed E-state index contributed by atoms with van der Waals surface area (Å²) >= 11 is 5.94. The van der Waals surface area contributed by atoms with Gasteiger partial charge >= 0.3 is 5.97 Å². The summed E-state index contributed by atoms with van der Waals surface area (Å²) in [5.74, 6) is 0.0930. The number of nitrogens with zero attached hydrogens (tertiary/aromatic N) is 1. The first kappa shape index (κ1) is 16.6. The van der Waals surface area contributed by atoms with Gasteiger partial charge in [0, 0.05) is 6.08 Å². The molecule has 23 heavy (non-hydrogen) atoms. The van der Waals surface area contributed by atoms with Gasteiger partial charge in [0.1, 0.15) is 19.0 Å². The Morgan fingerprint density at radius 2 is 1.87 bits per heavy atom. The van der Waals surface area contributed by atoms with Crippen LogP contribution in [0.4, 0.5) is 0 Å². The molecule has 0 saturated carbocycles. The van der Waals surface area contributed by atoms with E-state index >= 15 is 0 Å². The molecule has 0 amide bonds. The zero-order valence-corrected chi connectivity index (χ0v) is 13.0. The number of rotatable bonds is 6. The van der Waals surface area contributed by atoms with E-state index in [9.17, 15) is 4.79 Å². The van der Waals surface area contributed by atoms with Gasteiger partial charge in [0.05, 0.1) is 16.7 Å². The lowest BCUT2D eigenvalue weighted by Gasteiger charge is -2.07. The van der Waals surface area contributed by atoms with Crippen LogP contribution in [0.15, 0.2) is 54.6 Å². The Morgan fingerprint density at radius 1 is 1.13 bits per heavy atom. The number of benzene rings is 2. The smallest absolute Gasteiger partial charge is 0.330 e. The second-order valence-electron chi connectivity index (χ2n) is 4.51. The molecule has 0 aliphatic carbocycles. The average Bonchev–Trinajstić information content (AvgIpc) is 2.59. The fourth-order valence-corrected chi connectivity index (χ4v) is 1.93. The maximum atomic E-state index is 11.6. The van der Waals surface area contributed by atoms with E-state index < -0.39 is 5.97 Å². The van der Waals surface area contributed by atoms with Crippen molar-refractivity contribution in [2.24, 2.45) is 0 Å². The van der Waals surface area contributed by atoms with E-state index in [0.717, 1.165) is 5.56 Å². The van der Waals surface area contributed by atoms with E-state index in [0.29, 0.717) is 16.3 Å². The molecule has 0 atom stereocenters. The van der Waals surface area contributed by atoms with Crippen molar-refractivity contribution in [3.05, 3.63) is 70.8 Å².